The molecule has 1 saturated heterocycles. The summed E-state index contributed by atoms with van der Waals surface area (Å²) in [7, 11) is -3.82. The molecule has 1 aliphatic rings. The van der Waals surface area contributed by atoms with Crippen LogP contribution in [0.4, 0.5) is 20.2 Å². The highest BCUT2D eigenvalue weighted by atomic mass is 32.2. The van der Waals surface area contributed by atoms with Crippen molar-refractivity contribution in [3.63, 3.8) is 0 Å². The fourth-order valence-electron chi connectivity index (χ4n) is 3.56. The zero-order chi connectivity index (χ0) is 21.2. The second-order valence-corrected chi connectivity index (χ2v) is 8.84. The second-order valence-electron chi connectivity index (χ2n) is 6.98. The fraction of sp³-hybridized carbons (Fsp3) is 0.350. The summed E-state index contributed by atoms with van der Waals surface area (Å²) in [5.74, 6) is -1.29. The molecule has 0 unspecified atom stereocenters. The number of anilines is 2. The minimum atomic E-state index is -3.82. The third-order valence-corrected chi connectivity index (χ3v) is 6.16. The van der Waals surface area contributed by atoms with E-state index in [1.165, 1.54) is 31.2 Å². The van der Waals surface area contributed by atoms with Crippen molar-refractivity contribution in [1.82, 2.24) is 4.90 Å². The summed E-state index contributed by atoms with van der Waals surface area (Å²) in [5.41, 5.74) is 0.573. The van der Waals surface area contributed by atoms with Crippen LogP contribution >= 0.6 is 0 Å². The van der Waals surface area contributed by atoms with Gasteiger partial charge in [0.2, 0.25) is 15.9 Å². The minimum Gasteiger partial charge on any atom is -0.366 e. The number of halogens is 2. The van der Waals surface area contributed by atoms with Crippen LogP contribution in [0.25, 0.3) is 0 Å². The molecule has 6 nitrogen and oxygen atoms in total. The zero-order valence-corrected chi connectivity index (χ0v) is 17.1. The van der Waals surface area contributed by atoms with Crippen molar-refractivity contribution in [3.8, 4) is 0 Å². The standard InChI is InChI=1S/C20H23F2N3O3S/c1-15(25(29(2,27)28)17-7-5-6-16(21)14-17)20(26)24-12-10-23(11-13-24)19-9-4-3-8-18(19)22/h3-9,14-15H,10-13H2,1-2H3/t15-/m1/s1. The van der Waals surface area contributed by atoms with E-state index in [4.69, 9.17) is 0 Å². The van der Waals surface area contributed by atoms with E-state index >= 15 is 0 Å². The van der Waals surface area contributed by atoms with Gasteiger partial charge in [0, 0.05) is 26.2 Å². The van der Waals surface area contributed by atoms with Gasteiger partial charge in [-0.25, -0.2) is 17.2 Å². The molecule has 1 heterocycles. The number of benzene rings is 2. The van der Waals surface area contributed by atoms with Crippen molar-refractivity contribution in [2.45, 2.75) is 13.0 Å². The van der Waals surface area contributed by atoms with E-state index in [1.54, 1.807) is 23.1 Å². The molecule has 29 heavy (non-hydrogen) atoms. The van der Waals surface area contributed by atoms with Gasteiger partial charge >= 0.3 is 0 Å². The Bertz CT molecular complexity index is 992. The summed E-state index contributed by atoms with van der Waals surface area (Å²) < 4.78 is 53.2. The minimum absolute atomic E-state index is 0.0957. The Morgan fingerprint density at radius 3 is 2.28 bits per heavy atom. The van der Waals surface area contributed by atoms with Gasteiger partial charge in [-0.2, -0.15) is 0 Å². The summed E-state index contributed by atoms with van der Waals surface area (Å²) in [6.45, 7) is 3.00. The third-order valence-electron chi connectivity index (χ3n) is 4.91. The molecular weight excluding hydrogens is 400 g/mol. The SMILES string of the molecule is C[C@H](C(=O)N1CCN(c2ccccc2F)CC1)N(c1cccc(F)c1)S(C)(=O)=O. The Kier molecular flexibility index (Phi) is 6.07. The largest absolute Gasteiger partial charge is 0.366 e. The Labute approximate surface area is 169 Å². The first-order valence-electron chi connectivity index (χ1n) is 9.21. The number of rotatable bonds is 5. The fourth-order valence-corrected chi connectivity index (χ4v) is 4.72. The molecule has 0 aromatic heterocycles. The molecule has 9 heteroatoms. The number of carbonyl (C=O) groups is 1. The van der Waals surface area contributed by atoms with Crippen LogP contribution in [0.3, 0.4) is 0 Å². The summed E-state index contributed by atoms with van der Waals surface area (Å²) >= 11 is 0. The third kappa shape index (κ3) is 4.67. The summed E-state index contributed by atoms with van der Waals surface area (Å²) in [6.07, 6.45) is 0.984. The van der Waals surface area contributed by atoms with Crippen molar-refractivity contribution >= 4 is 27.3 Å². The lowest BCUT2D eigenvalue weighted by atomic mass is 10.2. The van der Waals surface area contributed by atoms with Crippen LogP contribution < -0.4 is 9.21 Å². The van der Waals surface area contributed by atoms with Crippen molar-refractivity contribution in [1.29, 1.82) is 0 Å². The maximum Gasteiger partial charge on any atom is 0.246 e. The van der Waals surface area contributed by atoms with Gasteiger partial charge in [-0.3, -0.25) is 9.10 Å². The van der Waals surface area contributed by atoms with E-state index in [1.807, 2.05) is 4.90 Å². The number of piperazine rings is 1. The molecule has 0 N–H and O–H groups in total. The first-order chi connectivity index (χ1) is 13.7. The number of amides is 1. The predicted octanol–water partition coefficient (Wildman–Crippen LogP) is 2.47. The number of hydrogen-bond acceptors (Lipinski definition) is 4. The Morgan fingerprint density at radius 1 is 1.03 bits per heavy atom. The Morgan fingerprint density at radius 2 is 1.69 bits per heavy atom. The molecule has 1 aliphatic heterocycles. The normalized spacial score (nSPS) is 15.9. The van der Waals surface area contributed by atoms with Gasteiger partial charge in [0.05, 0.1) is 17.6 Å². The van der Waals surface area contributed by atoms with Crippen molar-refractivity contribution < 1.29 is 22.0 Å². The number of nitrogens with zero attached hydrogens (tertiary/aromatic N) is 3. The average molecular weight is 423 g/mol. The Hall–Kier alpha value is -2.68. The smallest absolute Gasteiger partial charge is 0.246 e. The van der Waals surface area contributed by atoms with Crippen LogP contribution in [0.15, 0.2) is 48.5 Å². The van der Waals surface area contributed by atoms with E-state index in [0.717, 1.165) is 16.6 Å². The highest BCUT2D eigenvalue weighted by molar-refractivity contribution is 7.92. The van der Waals surface area contributed by atoms with Crippen LogP contribution in [0.1, 0.15) is 6.92 Å². The monoisotopic (exact) mass is 423 g/mol. The summed E-state index contributed by atoms with van der Waals surface area (Å²) in [6, 6.07) is 10.5. The van der Waals surface area contributed by atoms with Crippen LogP contribution in [0.2, 0.25) is 0 Å². The van der Waals surface area contributed by atoms with Gasteiger partial charge in [-0.1, -0.05) is 18.2 Å². The highest BCUT2D eigenvalue weighted by Crippen LogP contribution is 2.24. The molecule has 0 radical (unpaired) electrons. The van der Waals surface area contributed by atoms with Gasteiger partial charge in [0.25, 0.3) is 0 Å². The van der Waals surface area contributed by atoms with E-state index in [-0.39, 0.29) is 17.4 Å². The summed E-state index contributed by atoms with van der Waals surface area (Å²) in [5, 5.41) is 0. The van der Waals surface area contributed by atoms with Crippen LogP contribution in [-0.2, 0) is 14.8 Å². The average Bonchev–Trinajstić information content (AvgIpc) is 2.67. The Balaban J connectivity index is 1.75. The topological polar surface area (TPSA) is 60.9 Å². The number of carbonyl (C=O) groups excluding carboxylic acids is 1. The molecular formula is C20H23F2N3O3S. The predicted molar refractivity (Wildman–Crippen MR) is 108 cm³/mol. The second kappa shape index (κ2) is 8.36. The van der Waals surface area contributed by atoms with Crippen molar-refractivity contribution in [2.24, 2.45) is 0 Å². The van der Waals surface area contributed by atoms with Crippen LogP contribution in [-0.4, -0.2) is 57.7 Å². The molecule has 2 aromatic carbocycles. The molecule has 1 amide bonds. The van der Waals surface area contributed by atoms with Crippen LogP contribution in [0.5, 0.6) is 0 Å². The van der Waals surface area contributed by atoms with Gasteiger partial charge in [-0.05, 0) is 37.3 Å². The lowest BCUT2D eigenvalue weighted by molar-refractivity contribution is -0.132. The number of sulfonamides is 1. The van der Waals surface area contributed by atoms with Crippen molar-refractivity contribution in [2.75, 3.05) is 41.6 Å². The van der Waals surface area contributed by atoms with Crippen LogP contribution in [0, 0.1) is 11.6 Å². The maximum atomic E-state index is 14.0. The van der Waals surface area contributed by atoms with Gasteiger partial charge < -0.3 is 9.80 Å². The number of hydrogen-bond donors (Lipinski definition) is 0. The van der Waals surface area contributed by atoms with Crippen molar-refractivity contribution in [3.05, 3.63) is 60.2 Å². The van der Waals surface area contributed by atoms with Gasteiger partial charge in [-0.15, -0.1) is 0 Å². The maximum absolute atomic E-state index is 14.0. The van der Waals surface area contributed by atoms with E-state index in [2.05, 4.69) is 0 Å². The lowest BCUT2D eigenvalue weighted by Crippen LogP contribution is -2.55. The van der Waals surface area contributed by atoms with E-state index in [0.29, 0.717) is 31.9 Å². The molecule has 0 spiro atoms. The highest BCUT2D eigenvalue weighted by Gasteiger charge is 2.33. The lowest BCUT2D eigenvalue weighted by Gasteiger charge is -2.39. The molecule has 3 rings (SSSR count). The number of para-hydroxylation sites is 1. The molecule has 2 aromatic rings. The molecule has 156 valence electrons. The first-order valence-corrected chi connectivity index (χ1v) is 11.1. The first kappa shape index (κ1) is 21.0. The molecule has 0 aliphatic carbocycles. The molecule has 1 fully saturated rings. The van der Waals surface area contributed by atoms with Gasteiger partial charge in [0.15, 0.2) is 0 Å². The zero-order valence-electron chi connectivity index (χ0n) is 16.3. The van der Waals surface area contributed by atoms with E-state index < -0.39 is 21.9 Å². The summed E-state index contributed by atoms with van der Waals surface area (Å²) in [4.78, 5) is 16.4. The van der Waals surface area contributed by atoms with E-state index in [9.17, 15) is 22.0 Å². The molecule has 1 atom stereocenters. The molecule has 0 bridgehead atoms. The quantitative estimate of drug-likeness (QED) is 0.741. The molecule has 0 saturated carbocycles. The van der Waals surface area contributed by atoms with Gasteiger partial charge in [0.1, 0.15) is 17.7 Å².